The van der Waals surface area contributed by atoms with Crippen molar-refractivity contribution in [2.24, 2.45) is 5.92 Å². The quantitative estimate of drug-likeness (QED) is 0.649. The van der Waals surface area contributed by atoms with Gasteiger partial charge in [0.15, 0.2) is 10.0 Å². The minimum absolute atomic E-state index is 0.0247. The van der Waals surface area contributed by atoms with Gasteiger partial charge < -0.3 is 9.50 Å². The molecule has 3 aromatic rings. The fourth-order valence-corrected chi connectivity index (χ4v) is 4.40. The summed E-state index contributed by atoms with van der Waals surface area (Å²) in [5, 5.41) is 3.10. The van der Waals surface area contributed by atoms with E-state index < -0.39 is 26.6 Å². The van der Waals surface area contributed by atoms with E-state index in [1.165, 1.54) is 18.2 Å². The SMILES string of the molecule is O=C(Nc1nc2ccc(OS(=O)(=O)c3c(F)cccc3F)cc2s1)C1CC1. The summed E-state index contributed by atoms with van der Waals surface area (Å²) in [7, 11) is -4.69. The molecule has 4 rings (SSSR count). The molecule has 0 aliphatic heterocycles. The molecular formula is C17H12F2N2O4S2. The molecule has 0 spiro atoms. The summed E-state index contributed by atoms with van der Waals surface area (Å²) in [5.41, 5.74) is 0.535. The van der Waals surface area contributed by atoms with E-state index in [2.05, 4.69) is 10.3 Å². The van der Waals surface area contributed by atoms with Crippen molar-refractivity contribution in [3.05, 3.63) is 48.0 Å². The number of nitrogens with one attached hydrogen (secondary N) is 1. The van der Waals surface area contributed by atoms with Crippen LogP contribution in [0.25, 0.3) is 10.2 Å². The standard InChI is InChI=1S/C17H12F2N2O4S2/c18-11-2-1-3-12(19)15(11)27(23,24)25-10-6-7-13-14(8-10)26-17(20-13)21-16(22)9-4-5-9/h1-3,6-9H,4-5H2,(H,20,21,22). The van der Waals surface area contributed by atoms with Crippen LogP contribution in [-0.2, 0) is 14.9 Å². The molecule has 6 nitrogen and oxygen atoms in total. The number of nitrogens with zero attached hydrogens (tertiary/aromatic N) is 1. The Morgan fingerprint density at radius 2 is 1.89 bits per heavy atom. The molecule has 0 saturated heterocycles. The third-order valence-corrected chi connectivity index (χ3v) is 6.15. The molecule has 0 bridgehead atoms. The van der Waals surface area contributed by atoms with Crippen LogP contribution in [0, 0.1) is 17.6 Å². The summed E-state index contributed by atoms with van der Waals surface area (Å²) in [6.07, 6.45) is 1.72. The van der Waals surface area contributed by atoms with Crippen LogP contribution in [0.5, 0.6) is 5.75 Å². The number of fused-ring (bicyclic) bond motifs is 1. The maximum atomic E-state index is 13.7. The van der Waals surface area contributed by atoms with Crippen molar-refractivity contribution in [3.63, 3.8) is 0 Å². The number of carbonyl (C=O) groups excluding carboxylic acids is 1. The highest BCUT2D eigenvalue weighted by Crippen LogP contribution is 2.34. The molecule has 2 aromatic carbocycles. The smallest absolute Gasteiger partial charge is 0.345 e. The van der Waals surface area contributed by atoms with Crippen LogP contribution in [-0.4, -0.2) is 19.3 Å². The average molecular weight is 410 g/mol. The van der Waals surface area contributed by atoms with Gasteiger partial charge in [-0.05, 0) is 37.1 Å². The van der Waals surface area contributed by atoms with E-state index in [4.69, 9.17) is 4.18 Å². The van der Waals surface area contributed by atoms with E-state index in [0.717, 1.165) is 42.4 Å². The lowest BCUT2D eigenvalue weighted by Gasteiger charge is -2.08. The largest absolute Gasteiger partial charge is 0.379 e. The van der Waals surface area contributed by atoms with E-state index in [0.29, 0.717) is 15.3 Å². The second kappa shape index (κ2) is 6.54. The van der Waals surface area contributed by atoms with Gasteiger partial charge in [0.05, 0.1) is 10.2 Å². The molecule has 1 aromatic heterocycles. The number of amides is 1. The number of anilines is 1. The molecule has 1 aliphatic carbocycles. The van der Waals surface area contributed by atoms with Crippen molar-refractivity contribution < 1.29 is 26.2 Å². The third kappa shape index (κ3) is 3.62. The number of thiazole rings is 1. The predicted octanol–water partition coefficient (Wildman–Crippen LogP) is 3.69. The second-order valence-electron chi connectivity index (χ2n) is 6.00. The zero-order chi connectivity index (χ0) is 19.2. The van der Waals surface area contributed by atoms with Crippen molar-refractivity contribution in [1.29, 1.82) is 0 Å². The Morgan fingerprint density at radius 1 is 1.19 bits per heavy atom. The highest BCUT2D eigenvalue weighted by atomic mass is 32.2. The second-order valence-corrected chi connectivity index (χ2v) is 8.51. The van der Waals surface area contributed by atoms with Crippen molar-refractivity contribution >= 4 is 42.7 Å². The monoisotopic (exact) mass is 410 g/mol. The summed E-state index contributed by atoms with van der Waals surface area (Å²) in [4.78, 5) is 14.9. The van der Waals surface area contributed by atoms with Crippen molar-refractivity contribution in [3.8, 4) is 5.75 Å². The number of hydrogen-bond donors (Lipinski definition) is 1. The zero-order valence-corrected chi connectivity index (χ0v) is 15.2. The van der Waals surface area contributed by atoms with Gasteiger partial charge in [-0.15, -0.1) is 0 Å². The van der Waals surface area contributed by atoms with E-state index in [9.17, 15) is 22.0 Å². The van der Waals surface area contributed by atoms with Crippen molar-refractivity contribution in [1.82, 2.24) is 4.98 Å². The molecule has 27 heavy (non-hydrogen) atoms. The fourth-order valence-electron chi connectivity index (χ4n) is 2.45. The topological polar surface area (TPSA) is 85.4 Å². The maximum absolute atomic E-state index is 13.7. The third-order valence-electron chi connectivity index (χ3n) is 3.91. The molecule has 0 radical (unpaired) electrons. The molecule has 0 unspecified atom stereocenters. The molecule has 1 saturated carbocycles. The molecule has 1 fully saturated rings. The first-order valence-corrected chi connectivity index (χ1v) is 10.2. The predicted molar refractivity (Wildman–Crippen MR) is 95.1 cm³/mol. The highest BCUT2D eigenvalue weighted by Gasteiger charge is 2.30. The number of carbonyl (C=O) groups is 1. The number of benzene rings is 2. The number of halogens is 2. The summed E-state index contributed by atoms with van der Waals surface area (Å²) >= 11 is 1.15. The van der Waals surface area contributed by atoms with Gasteiger partial charge in [0.2, 0.25) is 5.91 Å². The summed E-state index contributed by atoms with van der Waals surface area (Å²) < 4.78 is 57.4. The van der Waals surface area contributed by atoms with Crippen LogP contribution in [0.3, 0.4) is 0 Å². The Kier molecular flexibility index (Phi) is 4.31. The Bertz CT molecular complexity index is 1140. The van der Waals surface area contributed by atoms with Gasteiger partial charge in [-0.2, -0.15) is 8.42 Å². The molecule has 1 heterocycles. The number of aromatic nitrogens is 1. The van der Waals surface area contributed by atoms with Gasteiger partial charge in [0.25, 0.3) is 0 Å². The van der Waals surface area contributed by atoms with Crippen LogP contribution in [0.4, 0.5) is 13.9 Å². The van der Waals surface area contributed by atoms with E-state index in [1.807, 2.05) is 0 Å². The lowest BCUT2D eigenvalue weighted by Crippen LogP contribution is -2.13. The van der Waals surface area contributed by atoms with Crippen LogP contribution < -0.4 is 9.50 Å². The number of rotatable bonds is 5. The molecular weight excluding hydrogens is 398 g/mol. The van der Waals surface area contributed by atoms with Crippen LogP contribution >= 0.6 is 11.3 Å². The normalized spacial score (nSPS) is 14.3. The van der Waals surface area contributed by atoms with E-state index in [1.54, 1.807) is 0 Å². The van der Waals surface area contributed by atoms with E-state index >= 15 is 0 Å². The zero-order valence-electron chi connectivity index (χ0n) is 13.6. The lowest BCUT2D eigenvalue weighted by atomic mass is 10.3. The highest BCUT2D eigenvalue weighted by molar-refractivity contribution is 7.87. The molecule has 10 heteroatoms. The van der Waals surface area contributed by atoms with E-state index in [-0.39, 0.29) is 17.6 Å². The first-order chi connectivity index (χ1) is 12.8. The van der Waals surface area contributed by atoms with Crippen LogP contribution in [0.2, 0.25) is 0 Å². The Hall–Kier alpha value is -2.59. The minimum Gasteiger partial charge on any atom is -0.379 e. The molecule has 1 aliphatic rings. The number of hydrogen-bond acceptors (Lipinski definition) is 6. The summed E-state index contributed by atoms with van der Waals surface area (Å²) in [5.74, 6) is -2.66. The maximum Gasteiger partial charge on any atom is 0.345 e. The van der Waals surface area contributed by atoms with Gasteiger partial charge in [-0.1, -0.05) is 17.4 Å². The Balaban J connectivity index is 1.61. The van der Waals surface area contributed by atoms with Gasteiger partial charge in [-0.25, -0.2) is 13.8 Å². The van der Waals surface area contributed by atoms with Crippen LogP contribution in [0.1, 0.15) is 12.8 Å². The summed E-state index contributed by atoms with van der Waals surface area (Å²) in [6, 6.07) is 6.94. The van der Waals surface area contributed by atoms with Crippen molar-refractivity contribution in [2.45, 2.75) is 17.7 Å². The fraction of sp³-hybridized carbons (Fsp3) is 0.176. The van der Waals surface area contributed by atoms with Gasteiger partial charge >= 0.3 is 10.1 Å². The van der Waals surface area contributed by atoms with Gasteiger partial charge in [-0.3, -0.25) is 4.79 Å². The lowest BCUT2D eigenvalue weighted by molar-refractivity contribution is -0.117. The average Bonchev–Trinajstić information content (AvgIpc) is 3.35. The Morgan fingerprint density at radius 3 is 2.56 bits per heavy atom. The van der Waals surface area contributed by atoms with Gasteiger partial charge in [0, 0.05) is 12.0 Å². The first kappa shape index (κ1) is 17.8. The Labute approximate surface area is 156 Å². The summed E-state index contributed by atoms with van der Waals surface area (Å²) in [6.45, 7) is 0. The first-order valence-electron chi connectivity index (χ1n) is 7.93. The molecule has 0 atom stereocenters. The minimum atomic E-state index is -4.69. The molecule has 1 amide bonds. The van der Waals surface area contributed by atoms with Crippen LogP contribution in [0.15, 0.2) is 41.3 Å². The van der Waals surface area contributed by atoms with Gasteiger partial charge in [0.1, 0.15) is 17.4 Å². The molecule has 140 valence electrons. The molecule has 1 N–H and O–H groups in total. The van der Waals surface area contributed by atoms with Crippen molar-refractivity contribution in [2.75, 3.05) is 5.32 Å².